The first-order valence-electron chi connectivity index (χ1n) is 10.8. The largest absolute Gasteiger partial charge is 0.497 e. The monoisotopic (exact) mass is 468 g/mol. The zero-order chi connectivity index (χ0) is 23.4. The molecule has 1 saturated heterocycles. The molecule has 1 aliphatic rings. The zero-order valence-corrected chi connectivity index (χ0v) is 19.3. The van der Waals surface area contributed by atoms with E-state index >= 15 is 0 Å². The summed E-state index contributed by atoms with van der Waals surface area (Å²) in [6.07, 6.45) is 0.919. The number of anilines is 1. The Bertz CT molecular complexity index is 1150. The number of rotatable bonds is 8. The third-order valence-electron chi connectivity index (χ3n) is 5.54. The van der Waals surface area contributed by atoms with Gasteiger partial charge >= 0.3 is 0 Å². The molecule has 9 heteroatoms. The van der Waals surface area contributed by atoms with E-state index in [1.54, 1.807) is 35.1 Å². The van der Waals surface area contributed by atoms with E-state index in [1.807, 2.05) is 37.3 Å². The smallest absolute Gasteiger partial charge is 0.249 e. The number of benzene rings is 2. The number of hydrogen-bond acceptors (Lipinski definition) is 6. The lowest BCUT2D eigenvalue weighted by atomic mass is 10.1. The van der Waals surface area contributed by atoms with Crippen LogP contribution in [0.15, 0.2) is 52.9 Å². The number of carbonyl (C=O) groups excluding carboxylic acids is 2. The molecule has 8 nitrogen and oxygen atoms in total. The van der Waals surface area contributed by atoms with Crippen LogP contribution >= 0.6 is 11.6 Å². The fourth-order valence-electron chi connectivity index (χ4n) is 3.92. The minimum atomic E-state index is -0.443. The first-order chi connectivity index (χ1) is 16.0. The van der Waals surface area contributed by atoms with Crippen LogP contribution in [0.3, 0.4) is 0 Å². The molecule has 0 bridgehead atoms. The van der Waals surface area contributed by atoms with Crippen molar-refractivity contribution >= 4 is 29.1 Å². The molecule has 1 aromatic heterocycles. The number of amides is 2. The second-order valence-corrected chi connectivity index (χ2v) is 8.25. The van der Waals surface area contributed by atoms with Crippen LogP contribution in [0.4, 0.5) is 5.69 Å². The lowest BCUT2D eigenvalue weighted by molar-refractivity contribution is -0.136. The standard InChI is InChI=1S/C24H25ClN4O4/c1-3-11-28(15-21-26-27-23(33-21)19-9-4-5-10-20(19)25)24(31)16-12-22(30)29(14-16)17-7-6-8-18(13-17)32-2/h4-10,13,16H,3,11-12,14-15H2,1-2H3. The average molecular weight is 469 g/mol. The first kappa shape index (κ1) is 22.8. The van der Waals surface area contributed by atoms with E-state index in [0.29, 0.717) is 41.2 Å². The van der Waals surface area contributed by atoms with Crippen molar-refractivity contribution < 1.29 is 18.7 Å². The number of ether oxygens (including phenoxy) is 1. The summed E-state index contributed by atoms with van der Waals surface area (Å²) in [5, 5.41) is 8.70. The second kappa shape index (κ2) is 10.0. The van der Waals surface area contributed by atoms with E-state index in [1.165, 1.54) is 0 Å². The van der Waals surface area contributed by atoms with Crippen LogP contribution in [0.2, 0.25) is 5.02 Å². The van der Waals surface area contributed by atoms with Gasteiger partial charge < -0.3 is 19.0 Å². The summed E-state index contributed by atoms with van der Waals surface area (Å²) in [6, 6.07) is 14.5. The predicted octanol–water partition coefficient (Wildman–Crippen LogP) is 4.19. The molecule has 3 aromatic rings. The highest BCUT2D eigenvalue weighted by Crippen LogP contribution is 2.30. The van der Waals surface area contributed by atoms with E-state index in [4.69, 9.17) is 20.8 Å². The van der Waals surface area contributed by atoms with E-state index in [2.05, 4.69) is 10.2 Å². The van der Waals surface area contributed by atoms with Crippen LogP contribution in [0.1, 0.15) is 25.7 Å². The van der Waals surface area contributed by atoms with E-state index in [9.17, 15) is 9.59 Å². The molecule has 4 rings (SSSR count). The molecule has 0 N–H and O–H groups in total. The zero-order valence-electron chi connectivity index (χ0n) is 18.5. The molecule has 0 spiro atoms. The van der Waals surface area contributed by atoms with Crippen LogP contribution in [0.5, 0.6) is 5.75 Å². The molecular weight excluding hydrogens is 444 g/mol. The summed E-state index contributed by atoms with van der Waals surface area (Å²) in [5.74, 6) is 0.653. The Kier molecular flexibility index (Phi) is 6.93. The Morgan fingerprint density at radius 2 is 2.06 bits per heavy atom. The summed E-state index contributed by atoms with van der Waals surface area (Å²) in [5.41, 5.74) is 1.36. The number of halogens is 1. The average Bonchev–Trinajstić information content (AvgIpc) is 3.45. The molecule has 1 aliphatic heterocycles. The molecule has 1 fully saturated rings. The van der Waals surface area contributed by atoms with Gasteiger partial charge in [-0.1, -0.05) is 36.7 Å². The molecule has 172 valence electrons. The topological polar surface area (TPSA) is 88.8 Å². The third-order valence-corrected chi connectivity index (χ3v) is 5.87. The maximum absolute atomic E-state index is 13.3. The normalized spacial score (nSPS) is 15.7. The Balaban J connectivity index is 1.48. The first-order valence-corrected chi connectivity index (χ1v) is 11.2. The molecule has 2 aromatic carbocycles. The number of nitrogens with zero attached hydrogens (tertiary/aromatic N) is 4. The molecule has 2 amide bonds. The van der Waals surface area contributed by atoms with E-state index in [0.717, 1.165) is 12.1 Å². The summed E-state index contributed by atoms with van der Waals surface area (Å²) in [7, 11) is 1.58. The van der Waals surface area contributed by atoms with Crippen LogP contribution < -0.4 is 9.64 Å². The van der Waals surface area contributed by atoms with Gasteiger partial charge in [0.25, 0.3) is 0 Å². The minimum absolute atomic E-state index is 0.0863. The van der Waals surface area contributed by atoms with E-state index < -0.39 is 5.92 Å². The van der Waals surface area contributed by atoms with Crippen molar-refractivity contribution in [1.82, 2.24) is 15.1 Å². The van der Waals surface area contributed by atoms with Crippen LogP contribution in [0, 0.1) is 5.92 Å². The molecule has 1 unspecified atom stereocenters. The molecule has 1 atom stereocenters. The third kappa shape index (κ3) is 5.01. The minimum Gasteiger partial charge on any atom is -0.497 e. The van der Waals surface area contributed by atoms with Gasteiger partial charge in [0.05, 0.1) is 30.2 Å². The Labute approximate surface area is 197 Å². The van der Waals surface area contributed by atoms with Crippen LogP contribution in [0.25, 0.3) is 11.5 Å². The van der Waals surface area contributed by atoms with Crippen molar-refractivity contribution in [2.75, 3.05) is 25.1 Å². The quantitative estimate of drug-likeness (QED) is 0.492. The van der Waals surface area contributed by atoms with Crippen molar-refractivity contribution in [3.05, 3.63) is 59.4 Å². The fourth-order valence-corrected chi connectivity index (χ4v) is 4.14. The van der Waals surface area contributed by atoms with Gasteiger partial charge in [-0.25, -0.2) is 0 Å². The maximum atomic E-state index is 13.3. The highest BCUT2D eigenvalue weighted by Gasteiger charge is 2.37. The van der Waals surface area contributed by atoms with Gasteiger partial charge in [0.1, 0.15) is 5.75 Å². The van der Waals surface area contributed by atoms with Gasteiger partial charge in [-0.15, -0.1) is 10.2 Å². The predicted molar refractivity (Wildman–Crippen MR) is 124 cm³/mol. The van der Waals surface area contributed by atoms with Gasteiger partial charge in [0, 0.05) is 31.3 Å². The van der Waals surface area contributed by atoms with E-state index in [-0.39, 0.29) is 24.8 Å². The van der Waals surface area contributed by atoms with Crippen LogP contribution in [-0.4, -0.2) is 47.1 Å². The summed E-state index contributed by atoms with van der Waals surface area (Å²) >= 11 is 6.22. The highest BCUT2D eigenvalue weighted by atomic mass is 35.5. The van der Waals surface area contributed by atoms with Gasteiger partial charge in [0.2, 0.25) is 23.6 Å². The summed E-state index contributed by atoms with van der Waals surface area (Å²) < 4.78 is 11.0. The van der Waals surface area contributed by atoms with Crippen LogP contribution in [-0.2, 0) is 16.1 Å². The molecular formula is C24H25ClN4O4. The van der Waals surface area contributed by atoms with Crippen molar-refractivity contribution in [2.45, 2.75) is 26.3 Å². The number of hydrogen-bond donors (Lipinski definition) is 0. The van der Waals surface area contributed by atoms with Crippen molar-refractivity contribution in [1.29, 1.82) is 0 Å². The maximum Gasteiger partial charge on any atom is 0.249 e. The fraction of sp³-hybridized carbons (Fsp3) is 0.333. The van der Waals surface area contributed by atoms with Crippen molar-refractivity contribution in [3.63, 3.8) is 0 Å². The van der Waals surface area contributed by atoms with Gasteiger partial charge in [-0.2, -0.15) is 0 Å². The Morgan fingerprint density at radius 1 is 1.24 bits per heavy atom. The van der Waals surface area contributed by atoms with Crippen molar-refractivity contribution in [3.8, 4) is 17.2 Å². The van der Waals surface area contributed by atoms with Crippen molar-refractivity contribution in [2.24, 2.45) is 5.92 Å². The second-order valence-electron chi connectivity index (χ2n) is 7.85. The van der Waals surface area contributed by atoms with Gasteiger partial charge in [-0.3, -0.25) is 9.59 Å². The number of carbonyl (C=O) groups is 2. The molecule has 0 aliphatic carbocycles. The van der Waals surface area contributed by atoms with Gasteiger partial charge in [0.15, 0.2) is 0 Å². The number of aromatic nitrogens is 2. The Hall–Kier alpha value is -3.39. The Morgan fingerprint density at radius 3 is 2.82 bits per heavy atom. The van der Waals surface area contributed by atoms with Gasteiger partial charge in [-0.05, 0) is 30.7 Å². The summed E-state index contributed by atoms with van der Waals surface area (Å²) in [6.45, 7) is 3.01. The number of methoxy groups -OCH3 is 1. The highest BCUT2D eigenvalue weighted by molar-refractivity contribution is 6.33. The lowest BCUT2D eigenvalue weighted by Crippen LogP contribution is -2.37. The lowest BCUT2D eigenvalue weighted by Gasteiger charge is -2.24. The molecule has 33 heavy (non-hydrogen) atoms. The molecule has 2 heterocycles. The SMILES string of the molecule is CCCN(Cc1nnc(-c2ccccc2Cl)o1)C(=O)C1CC(=O)N(c2cccc(OC)c2)C1. The summed E-state index contributed by atoms with van der Waals surface area (Å²) in [4.78, 5) is 29.3. The molecule has 0 radical (unpaired) electrons. The molecule has 0 saturated carbocycles.